The van der Waals surface area contributed by atoms with Gasteiger partial charge in [0.05, 0.1) is 34.5 Å². The van der Waals surface area contributed by atoms with Crippen molar-refractivity contribution in [1.29, 1.82) is 0 Å². The van der Waals surface area contributed by atoms with Crippen LogP contribution in [0.4, 0.5) is 0 Å². The van der Waals surface area contributed by atoms with Crippen molar-refractivity contribution in [2.24, 2.45) is 0 Å². The Morgan fingerprint density at radius 2 is 1.39 bits per heavy atom. The van der Waals surface area contributed by atoms with E-state index in [9.17, 15) is 4.79 Å². The number of nitrogens with zero attached hydrogens (tertiary/aromatic N) is 3. The predicted octanol–water partition coefficient (Wildman–Crippen LogP) is 0.802. The maximum Gasteiger partial charge on any atom is 0.254 e. The monoisotopic (exact) mass is 393 g/mol. The molecule has 0 saturated carbocycles. The molecule has 0 N–H and O–H groups in total. The van der Waals surface area contributed by atoms with Crippen LogP contribution >= 0.6 is 0 Å². The molecule has 28 heavy (non-hydrogen) atoms. The number of hydrogen-bond acceptors (Lipinski definition) is 7. The van der Waals surface area contributed by atoms with Crippen molar-refractivity contribution in [1.82, 2.24) is 14.7 Å². The highest BCUT2D eigenvalue weighted by Crippen LogP contribution is 2.38. The van der Waals surface area contributed by atoms with Crippen molar-refractivity contribution in [2.75, 3.05) is 86.9 Å². The quantitative estimate of drug-likeness (QED) is 0.679. The highest BCUT2D eigenvalue weighted by molar-refractivity contribution is 5.95. The molecular formula is C20H31N3O5. The van der Waals surface area contributed by atoms with Crippen LogP contribution in [0.5, 0.6) is 17.2 Å². The summed E-state index contributed by atoms with van der Waals surface area (Å²) in [7, 11) is 4.66. The van der Waals surface area contributed by atoms with Gasteiger partial charge >= 0.3 is 0 Å². The topological polar surface area (TPSA) is 63.7 Å². The Kier molecular flexibility index (Phi) is 7.36. The predicted molar refractivity (Wildman–Crippen MR) is 106 cm³/mol. The molecule has 2 fully saturated rings. The van der Waals surface area contributed by atoms with Crippen LogP contribution < -0.4 is 14.2 Å². The highest BCUT2D eigenvalue weighted by atomic mass is 16.5. The first kappa shape index (κ1) is 20.7. The Bertz CT molecular complexity index is 630. The number of morpholine rings is 1. The van der Waals surface area contributed by atoms with E-state index in [-0.39, 0.29) is 5.91 Å². The van der Waals surface area contributed by atoms with Gasteiger partial charge in [0.25, 0.3) is 5.91 Å². The minimum atomic E-state index is -0.00733. The van der Waals surface area contributed by atoms with Crippen molar-refractivity contribution in [3.05, 3.63) is 17.7 Å². The molecule has 1 aromatic rings. The van der Waals surface area contributed by atoms with Crippen LogP contribution in [-0.4, -0.2) is 108 Å². The van der Waals surface area contributed by atoms with E-state index in [1.54, 1.807) is 33.5 Å². The average Bonchev–Trinajstić information content (AvgIpc) is 2.77. The van der Waals surface area contributed by atoms with E-state index in [1.165, 1.54) is 0 Å². The number of rotatable bonds is 7. The third-order valence-electron chi connectivity index (χ3n) is 5.41. The number of ether oxygens (including phenoxy) is 4. The molecule has 156 valence electrons. The van der Waals surface area contributed by atoms with Crippen molar-refractivity contribution in [3.63, 3.8) is 0 Å². The number of amides is 1. The van der Waals surface area contributed by atoms with Gasteiger partial charge < -0.3 is 23.8 Å². The number of piperazine rings is 1. The lowest BCUT2D eigenvalue weighted by molar-refractivity contribution is 0.0293. The van der Waals surface area contributed by atoms with E-state index in [4.69, 9.17) is 18.9 Å². The van der Waals surface area contributed by atoms with Gasteiger partial charge in [-0.2, -0.15) is 0 Å². The molecule has 0 radical (unpaired) electrons. The second-order valence-corrected chi connectivity index (χ2v) is 7.00. The average molecular weight is 393 g/mol. The van der Waals surface area contributed by atoms with Gasteiger partial charge in [0.2, 0.25) is 5.75 Å². The van der Waals surface area contributed by atoms with Gasteiger partial charge in [-0.15, -0.1) is 0 Å². The largest absolute Gasteiger partial charge is 0.493 e. The fraction of sp³-hybridized carbons (Fsp3) is 0.650. The second kappa shape index (κ2) is 9.95. The fourth-order valence-corrected chi connectivity index (χ4v) is 3.67. The van der Waals surface area contributed by atoms with E-state index >= 15 is 0 Å². The third kappa shape index (κ3) is 4.87. The van der Waals surface area contributed by atoms with E-state index in [0.29, 0.717) is 22.8 Å². The summed E-state index contributed by atoms with van der Waals surface area (Å²) in [5, 5.41) is 0. The molecule has 0 aromatic heterocycles. The van der Waals surface area contributed by atoms with Crippen molar-refractivity contribution in [3.8, 4) is 17.2 Å². The van der Waals surface area contributed by atoms with Gasteiger partial charge in [0.15, 0.2) is 11.5 Å². The Morgan fingerprint density at radius 1 is 0.857 bits per heavy atom. The van der Waals surface area contributed by atoms with Gasteiger partial charge in [-0.3, -0.25) is 14.6 Å². The molecular weight excluding hydrogens is 362 g/mol. The summed E-state index contributed by atoms with van der Waals surface area (Å²) < 4.78 is 21.5. The zero-order valence-corrected chi connectivity index (χ0v) is 17.1. The van der Waals surface area contributed by atoms with Crippen molar-refractivity contribution in [2.45, 2.75) is 0 Å². The Labute approximate surface area is 166 Å². The molecule has 3 rings (SSSR count). The first-order valence-corrected chi connectivity index (χ1v) is 9.78. The Balaban J connectivity index is 1.56. The summed E-state index contributed by atoms with van der Waals surface area (Å²) in [6, 6.07) is 3.43. The minimum Gasteiger partial charge on any atom is -0.493 e. The maximum atomic E-state index is 13.0. The van der Waals surface area contributed by atoms with Crippen LogP contribution in [0.15, 0.2) is 12.1 Å². The van der Waals surface area contributed by atoms with Crippen LogP contribution in [0.1, 0.15) is 10.4 Å². The molecule has 2 saturated heterocycles. The molecule has 0 atom stereocenters. The van der Waals surface area contributed by atoms with Crippen LogP contribution in [-0.2, 0) is 4.74 Å². The van der Waals surface area contributed by atoms with Crippen LogP contribution in [0, 0.1) is 0 Å². The van der Waals surface area contributed by atoms with Gasteiger partial charge in [-0.1, -0.05) is 0 Å². The minimum absolute atomic E-state index is 0.00733. The Morgan fingerprint density at radius 3 is 1.89 bits per heavy atom. The van der Waals surface area contributed by atoms with E-state index in [2.05, 4.69) is 9.80 Å². The highest BCUT2D eigenvalue weighted by Gasteiger charge is 2.25. The number of benzene rings is 1. The van der Waals surface area contributed by atoms with Crippen LogP contribution in [0.2, 0.25) is 0 Å². The van der Waals surface area contributed by atoms with Crippen molar-refractivity contribution < 1.29 is 23.7 Å². The number of hydrogen-bond donors (Lipinski definition) is 0. The van der Waals surface area contributed by atoms with Gasteiger partial charge in [0.1, 0.15) is 0 Å². The first-order chi connectivity index (χ1) is 13.7. The van der Waals surface area contributed by atoms with Gasteiger partial charge in [0, 0.05) is 57.9 Å². The molecule has 0 bridgehead atoms. The second-order valence-electron chi connectivity index (χ2n) is 7.00. The number of carbonyl (C=O) groups excluding carboxylic acids is 1. The molecule has 2 aliphatic rings. The molecule has 0 aliphatic carbocycles. The molecule has 2 heterocycles. The summed E-state index contributed by atoms with van der Waals surface area (Å²) in [4.78, 5) is 19.7. The third-order valence-corrected chi connectivity index (χ3v) is 5.41. The first-order valence-electron chi connectivity index (χ1n) is 9.78. The molecule has 8 heteroatoms. The molecule has 1 aromatic carbocycles. The molecule has 2 aliphatic heterocycles. The Hall–Kier alpha value is -2.03. The summed E-state index contributed by atoms with van der Waals surface area (Å²) in [5.74, 6) is 1.48. The molecule has 0 spiro atoms. The maximum absolute atomic E-state index is 13.0. The van der Waals surface area contributed by atoms with E-state index in [0.717, 1.165) is 65.6 Å². The summed E-state index contributed by atoms with van der Waals surface area (Å²) in [5.41, 5.74) is 0.552. The summed E-state index contributed by atoms with van der Waals surface area (Å²) >= 11 is 0. The standard InChI is InChI=1S/C20H31N3O5/c1-25-17-14-16(15-18(26-2)19(17)27-3)20(24)23-8-6-21(7-9-23)4-5-22-10-12-28-13-11-22/h14-15H,4-13H2,1-3H3. The lowest BCUT2D eigenvalue weighted by Gasteiger charge is -2.36. The smallest absolute Gasteiger partial charge is 0.254 e. The zero-order chi connectivity index (χ0) is 19.9. The SMILES string of the molecule is COc1cc(C(=O)N2CCN(CCN3CCOCC3)CC2)cc(OC)c1OC. The number of methoxy groups -OCH3 is 3. The fourth-order valence-electron chi connectivity index (χ4n) is 3.67. The summed E-state index contributed by atoms with van der Waals surface area (Å²) in [6.07, 6.45) is 0. The lowest BCUT2D eigenvalue weighted by atomic mass is 10.1. The zero-order valence-electron chi connectivity index (χ0n) is 17.1. The lowest BCUT2D eigenvalue weighted by Crippen LogP contribution is -2.51. The van der Waals surface area contributed by atoms with Gasteiger partial charge in [-0.05, 0) is 12.1 Å². The van der Waals surface area contributed by atoms with Crippen LogP contribution in [0.3, 0.4) is 0 Å². The van der Waals surface area contributed by atoms with E-state index < -0.39 is 0 Å². The van der Waals surface area contributed by atoms with Crippen molar-refractivity contribution >= 4 is 5.91 Å². The number of carbonyl (C=O) groups is 1. The van der Waals surface area contributed by atoms with E-state index in [1.807, 2.05) is 4.90 Å². The van der Waals surface area contributed by atoms with Gasteiger partial charge in [-0.25, -0.2) is 0 Å². The molecule has 8 nitrogen and oxygen atoms in total. The summed E-state index contributed by atoms with van der Waals surface area (Å²) in [6.45, 7) is 9.00. The molecule has 0 unspecified atom stereocenters. The van der Waals surface area contributed by atoms with Crippen LogP contribution in [0.25, 0.3) is 0 Å². The molecule has 1 amide bonds. The normalized spacial score (nSPS) is 18.8.